The predicted molar refractivity (Wildman–Crippen MR) is 88.1 cm³/mol. The zero-order valence-corrected chi connectivity index (χ0v) is 13.7. The first-order chi connectivity index (χ1) is 11.8. The van der Waals surface area contributed by atoms with Gasteiger partial charge in [0.15, 0.2) is 6.61 Å². The molecule has 0 saturated heterocycles. The summed E-state index contributed by atoms with van der Waals surface area (Å²) in [5.74, 6) is -0.620. The molecule has 0 atom stereocenters. The molecule has 0 spiro atoms. The van der Waals surface area contributed by atoms with E-state index in [-0.39, 0.29) is 11.4 Å². The lowest BCUT2D eigenvalue weighted by Crippen LogP contribution is -2.19. The number of amides is 1. The number of carbonyl (C=O) groups is 1. The molecule has 130 valence electrons. The van der Waals surface area contributed by atoms with Crippen LogP contribution in [0.1, 0.15) is 15.4 Å². The van der Waals surface area contributed by atoms with Gasteiger partial charge in [-0.05, 0) is 31.2 Å². The van der Waals surface area contributed by atoms with Crippen molar-refractivity contribution in [1.29, 1.82) is 0 Å². The number of nitrogens with one attached hydrogen (secondary N) is 1. The van der Waals surface area contributed by atoms with Crippen LogP contribution in [-0.2, 0) is 0 Å². The average molecular weight is 367 g/mol. The van der Waals surface area contributed by atoms with Crippen molar-refractivity contribution >= 4 is 33.1 Å². The molecule has 0 aliphatic carbocycles. The van der Waals surface area contributed by atoms with Crippen LogP contribution in [0.15, 0.2) is 36.5 Å². The zero-order valence-electron chi connectivity index (χ0n) is 12.9. The number of ether oxygens (including phenoxy) is 1. The summed E-state index contributed by atoms with van der Waals surface area (Å²) < 4.78 is 41.7. The SMILES string of the molecule is Cc1nc2ccc(NC(=O)c3ccc(OCC(F)(F)F)nc3)cc2s1. The minimum absolute atomic E-state index is 0.199. The normalized spacial score (nSPS) is 11.5. The maximum absolute atomic E-state index is 12.2. The van der Waals surface area contributed by atoms with Crippen LogP contribution < -0.4 is 10.1 Å². The molecule has 3 rings (SSSR count). The highest BCUT2D eigenvalue weighted by Gasteiger charge is 2.28. The lowest BCUT2D eigenvalue weighted by molar-refractivity contribution is -0.154. The molecule has 0 fully saturated rings. The first-order valence-electron chi connectivity index (χ1n) is 7.14. The summed E-state index contributed by atoms with van der Waals surface area (Å²) in [4.78, 5) is 20.2. The summed E-state index contributed by atoms with van der Waals surface area (Å²) in [6, 6.07) is 7.92. The monoisotopic (exact) mass is 367 g/mol. The largest absolute Gasteiger partial charge is 0.468 e. The van der Waals surface area contributed by atoms with Crippen molar-refractivity contribution in [2.75, 3.05) is 11.9 Å². The van der Waals surface area contributed by atoms with E-state index in [9.17, 15) is 18.0 Å². The number of hydrogen-bond acceptors (Lipinski definition) is 5. The van der Waals surface area contributed by atoms with Gasteiger partial charge in [-0.15, -0.1) is 11.3 Å². The second-order valence-corrected chi connectivity index (χ2v) is 6.39. The van der Waals surface area contributed by atoms with E-state index in [0.717, 1.165) is 21.4 Å². The van der Waals surface area contributed by atoms with Gasteiger partial charge in [0.05, 0.1) is 20.8 Å². The number of alkyl halides is 3. The van der Waals surface area contributed by atoms with Crippen LogP contribution in [0.2, 0.25) is 0 Å². The van der Waals surface area contributed by atoms with E-state index in [1.165, 1.54) is 23.5 Å². The summed E-state index contributed by atoms with van der Waals surface area (Å²) >= 11 is 1.52. The van der Waals surface area contributed by atoms with Crippen molar-refractivity contribution in [1.82, 2.24) is 9.97 Å². The van der Waals surface area contributed by atoms with Crippen molar-refractivity contribution in [2.45, 2.75) is 13.1 Å². The van der Waals surface area contributed by atoms with E-state index in [2.05, 4.69) is 20.0 Å². The predicted octanol–water partition coefficient (Wildman–Crippen LogP) is 4.19. The molecular formula is C16H12F3N3O2S. The average Bonchev–Trinajstić information content (AvgIpc) is 2.92. The third-order valence-electron chi connectivity index (χ3n) is 3.14. The van der Waals surface area contributed by atoms with Gasteiger partial charge in [0.25, 0.3) is 5.91 Å². The van der Waals surface area contributed by atoms with Crippen LogP contribution >= 0.6 is 11.3 Å². The fourth-order valence-corrected chi connectivity index (χ4v) is 2.94. The highest BCUT2D eigenvalue weighted by Crippen LogP contribution is 2.25. The molecule has 0 radical (unpaired) electrons. The number of thiazole rings is 1. The first kappa shape index (κ1) is 17.2. The Bertz CT molecular complexity index is 907. The number of aryl methyl sites for hydroxylation is 1. The van der Waals surface area contributed by atoms with Gasteiger partial charge in [-0.1, -0.05) is 0 Å². The third kappa shape index (κ3) is 4.44. The number of halogens is 3. The number of aromatic nitrogens is 2. The number of rotatable bonds is 4. The van der Waals surface area contributed by atoms with Crippen LogP contribution in [0, 0.1) is 6.92 Å². The van der Waals surface area contributed by atoms with Crippen molar-refractivity contribution in [2.24, 2.45) is 0 Å². The molecular weight excluding hydrogens is 355 g/mol. The summed E-state index contributed by atoms with van der Waals surface area (Å²) in [5.41, 5.74) is 1.66. The fraction of sp³-hybridized carbons (Fsp3) is 0.188. The molecule has 0 bridgehead atoms. The number of pyridine rings is 1. The standard InChI is InChI=1S/C16H12F3N3O2S/c1-9-21-12-4-3-11(6-13(12)25-9)22-15(23)10-2-5-14(20-7-10)24-8-16(17,18)19/h2-7H,8H2,1H3,(H,22,23). The van der Waals surface area contributed by atoms with Crippen LogP contribution in [0.4, 0.5) is 18.9 Å². The third-order valence-corrected chi connectivity index (χ3v) is 4.07. The van der Waals surface area contributed by atoms with Crippen molar-refractivity contribution in [3.8, 4) is 5.88 Å². The molecule has 0 saturated carbocycles. The molecule has 25 heavy (non-hydrogen) atoms. The van der Waals surface area contributed by atoms with Gasteiger partial charge in [0.2, 0.25) is 5.88 Å². The van der Waals surface area contributed by atoms with Crippen LogP contribution in [0.3, 0.4) is 0 Å². The van der Waals surface area contributed by atoms with Crippen molar-refractivity contribution < 1.29 is 22.7 Å². The highest BCUT2D eigenvalue weighted by molar-refractivity contribution is 7.18. The molecule has 3 aromatic rings. The number of anilines is 1. The highest BCUT2D eigenvalue weighted by atomic mass is 32.1. The Morgan fingerprint density at radius 3 is 2.76 bits per heavy atom. The Morgan fingerprint density at radius 2 is 2.08 bits per heavy atom. The second kappa shape index (κ2) is 6.67. The number of hydrogen-bond donors (Lipinski definition) is 1. The van der Waals surface area contributed by atoms with Gasteiger partial charge in [-0.2, -0.15) is 13.2 Å². The van der Waals surface area contributed by atoms with E-state index in [0.29, 0.717) is 5.69 Å². The summed E-state index contributed by atoms with van der Waals surface area (Å²) in [5, 5.41) is 3.64. The molecule has 1 aromatic carbocycles. The minimum atomic E-state index is -4.44. The Morgan fingerprint density at radius 1 is 1.28 bits per heavy atom. The smallest absolute Gasteiger partial charge is 0.422 e. The summed E-state index contributed by atoms with van der Waals surface area (Å²) in [6.45, 7) is 0.469. The van der Waals surface area contributed by atoms with Gasteiger partial charge in [0, 0.05) is 18.0 Å². The number of benzene rings is 1. The molecule has 0 aliphatic rings. The van der Waals surface area contributed by atoms with E-state index in [4.69, 9.17) is 0 Å². The van der Waals surface area contributed by atoms with Gasteiger partial charge < -0.3 is 10.1 Å². The maximum atomic E-state index is 12.2. The Labute approximate surface area is 144 Å². The van der Waals surface area contributed by atoms with E-state index >= 15 is 0 Å². The molecule has 2 aromatic heterocycles. The van der Waals surface area contributed by atoms with E-state index in [1.54, 1.807) is 12.1 Å². The van der Waals surface area contributed by atoms with Crippen LogP contribution in [0.25, 0.3) is 10.2 Å². The summed E-state index contributed by atoms with van der Waals surface area (Å²) in [6.07, 6.45) is -3.28. The Balaban J connectivity index is 1.67. The van der Waals surface area contributed by atoms with Gasteiger partial charge in [0.1, 0.15) is 0 Å². The Kier molecular flexibility index (Phi) is 4.58. The van der Waals surface area contributed by atoms with Gasteiger partial charge >= 0.3 is 6.18 Å². The quantitative estimate of drug-likeness (QED) is 0.751. The van der Waals surface area contributed by atoms with Crippen LogP contribution in [0.5, 0.6) is 5.88 Å². The van der Waals surface area contributed by atoms with Crippen LogP contribution in [-0.4, -0.2) is 28.7 Å². The first-order valence-corrected chi connectivity index (χ1v) is 7.96. The maximum Gasteiger partial charge on any atom is 0.422 e. The lowest BCUT2D eigenvalue weighted by Gasteiger charge is -2.09. The zero-order chi connectivity index (χ0) is 18.0. The summed E-state index contributed by atoms with van der Waals surface area (Å²) in [7, 11) is 0. The number of fused-ring (bicyclic) bond motifs is 1. The second-order valence-electron chi connectivity index (χ2n) is 5.16. The number of nitrogens with zero attached hydrogens (tertiary/aromatic N) is 2. The molecule has 2 heterocycles. The molecule has 5 nitrogen and oxygen atoms in total. The number of carbonyl (C=O) groups excluding carboxylic acids is 1. The molecule has 0 aliphatic heterocycles. The molecule has 0 unspecified atom stereocenters. The van der Waals surface area contributed by atoms with Gasteiger partial charge in [-0.25, -0.2) is 9.97 Å². The van der Waals surface area contributed by atoms with Crippen molar-refractivity contribution in [3.05, 3.63) is 47.1 Å². The molecule has 9 heteroatoms. The lowest BCUT2D eigenvalue weighted by atomic mass is 10.2. The Hall–Kier alpha value is -2.68. The topological polar surface area (TPSA) is 64.1 Å². The van der Waals surface area contributed by atoms with Crippen molar-refractivity contribution in [3.63, 3.8) is 0 Å². The van der Waals surface area contributed by atoms with E-state index in [1.807, 2.05) is 13.0 Å². The fourth-order valence-electron chi connectivity index (χ4n) is 2.08. The molecule has 1 amide bonds. The minimum Gasteiger partial charge on any atom is -0.468 e. The van der Waals surface area contributed by atoms with Gasteiger partial charge in [-0.3, -0.25) is 4.79 Å². The van der Waals surface area contributed by atoms with E-state index < -0.39 is 18.7 Å². The molecule has 1 N–H and O–H groups in total.